The van der Waals surface area contributed by atoms with Gasteiger partial charge in [0.2, 0.25) is 5.82 Å². The van der Waals surface area contributed by atoms with Crippen LogP contribution in [0.3, 0.4) is 0 Å². The van der Waals surface area contributed by atoms with Crippen molar-refractivity contribution < 1.29 is 13.5 Å². The number of ether oxygens (including phenoxy) is 1. The molecule has 1 saturated carbocycles. The van der Waals surface area contributed by atoms with Gasteiger partial charge in [0.25, 0.3) is 0 Å². The lowest BCUT2D eigenvalue weighted by Gasteiger charge is -2.37. The number of thioether (sulfide) groups is 1. The van der Waals surface area contributed by atoms with Gasteiger partial charge in [-0.25, -0.2) is 4.39 Å². The molecule has 2 fully saturated rings. The molecule has 3 rings (SSSR count). The molecule has 2 atom stereocenters. The summed E-state index contributed by atoms with van der Waals surface area (Å²) in [6.07, 6.45) is 13.2. The maximum Gasteiger partial charge on any atom is 0.200 e. The Labute approximate surface area is 167 Å². The normalized spacial score (nSPS) is 29.2. The number of hydrogen-bond acceptors (Lipinski definition) is 2. The van der Waals surface area contributed by atoms with Crippen molar-refractivity contribution in [2.75, 3.05) is 12.4 Å². The van der Waals surface area contributed by atoms with E-state index in [1.807, 2.05) is 11.8 Å². The Hall–Kier alpha value is -1.03. The molecule has 4 heteroatoms. The van der Waals surface area contributed by atoms with Crippen molar-refractivity contribution in [2.24, 2.45) is 17.8 Å². The Morgan fingerprint density at radius 3 is 2.37 bits per heavy atom. The summed E-state index contributed by atoms with van der Waals surface area (Å²) >= 11 is 1.81. The number of benzene rings is 1. The van der Waals surface area contributed by atoms with E-state index in [9.17, 15) is 8.78 Å². The zero-order chi connectivity index (χ0) is 19.2. The molecular formula is C23H32F2OS. The maximum atomic E-state index is 14.5. The molecule has 0 aromatic heterocycles. The van der Waals surface area contributed by atoms with E-state index in [0.717, 1.165) is 42.8 Å². The van der Waals surface area contributed by atoms with Crippen LogP contribution >= 0.6 is 11.8 Å². The standard InChI is InChI=1S/C23H32F2OS/c1-3-5-6-16-7-9-17(10-8-16)18-11-14-21(27-15-18)19-12-13-20(26-4-2)23(25)22(19)24/h5-6,12-13,16-18,21H,3-4,7-11,14-15H2,1-2H3/t16?,17?,18?,21-/m0/s1. The second-order valence-electron chi connectivity index (χ2n) is 7.88. The third-order valence-electron chi connectivity index (χ3n) is 6.16. The smallest absolute Gasteiger partial charge is 0.200 e. The van der Waals surface area contributed by atoms with Gasteiger partial charge in [-0.05, 0) is 81.4 Å². The fraction of sp³-hybridized carbons (Fsp3) is 0.652. The Morgan fingerprint density at radius 1 is 1.00 bits per heavy atom. The topological polar surface area (TPSA) is 9.23 Å². The van der Waals surface area contributed by atoms with Crippen LogP contribution in [0.2, 0.25) is 0 Å². The van der Waals surface area contributed by atoms with Crippen LogP contribution in [0.15, 0.2) is 24.3 Å². The van der Waals surface area contributed by atoms with E-state index >= 15 is 0 Å². The summed E-state index contributed by atoms with van der Waals surface area (Å²) in [7, 11) is 0. The summed E-state index contributed by atoms with van der Waals surface area (Å²) in [5, 5.41) is 0.0650. The summed E-state index contributed by atoms with van der Waals surface area (Å²) in [5.74, 6) is 1.84. The SMILES string of the molecule is CCC=CC1CCC(C2CC[C@@H](c3ccc(OCC)c(F)c3F)SC2)CC1. The lowest BCUT2D eigenvalue weighted by atomic mass is 9.74. The average Bonchev–Trinajstić information content (AvgIpc) is 2.71. The second kappa shape index (κ2) is 9.95. The fourth-order valence-electron chi connectivity index (χ4n) is 4.59. The van der Waals surface area contributed by atoms with Gasteiger partial charge in [-0.3, -0.25) is 0 Å². The summed E-state index contributed by atoms with van der Waals surface area (Å²) in [4.78, 5) is 0. The van der Waals surface area contributed by atoms with E-state index in [0.29, 0.717) is 12.2 Å². The molecule has 1 saturated heterocycles. The predicted molar refractivity (Wildman–Crippen MR) is 110 cm³/mol. The van der Waals surface area contributed by atoms with Crippen LogP contribution in [-0.2, 0) is 0 Å². The highest BCUT2D eigenvalue weighted by atomic mass is 32.2. The predicted octanol–water partition coefficient (Wildman–Crippen LogP) is 7.32. The molecule has 27 heavy (non-hydrogen) atoms. The van der Waals surface area contributed by atoms with Gasteiger partial charge in [0.1, 0.15) is 0 Å². The monoisotopic (exact) mass is 394 g/mol. The van der Waals surface area contributed by atoms with Gasteiger partial charge < -0.3 is 4.74 Å². The van der Waals surface area contributed by atoms with E-state index in [-0.39, 0.29) is 11.0 Å². The minimum absolute atomic E-state index is 0.0197. The molecule has 1 nitrogen and oxygen atoms in total. The van der Waals surface area contributed by atoms with Crippen molar-refractivity contribution in [1.29, 1.82) is 0 Å². The third kappa shape index (κ3) is 5.07. The summed E-state index contributed by atoms with van der Waals surface area (Å²) in [5.41, 5.74) is 0.507. The largest absolute Gasteiger partial charge is 0.491 e. The van der Waals surface area contributed by atoms with Crippen molar-refractivity contribution in [3.8, 4) is 5.75 Å². The van der Waals surface area contributed by atoms with Crippen LogP contribution in [-0.4, -0.2) is 12.4 Å². The Morgan fingerprint density at radius 2 is 1.74 bits per heavy atom. The molecule has 0 spiro atoms. The fourth-order valence-corrected chi connectivity index (χ4v) is 6.17. The Bertz CT molecular complexity index is 630. The van der Waals surface area contributed by atoms with Gasteiger partial charge in [-0.15, -0.1) is 0 Å². The zero-order valence-electron chi connectivity index (χ0n) is 16.6. The van der Waals surface area contributed by atoms with E-state index in [4.69, 9.17) is 4.74 Å². The highest BCUT2D eigenvalue weighted by molar-refractivity contribution is 7.99. The molecule has 1 aromatic rings. The second-order valence-corrected chi connectivity index (χ2v) is 9.12. The molecule has 0 radical (unpaired) electrons. The van der Waals surface area contributed by atoms with Gasteiger partial charge in [0.05, 0.1) is 6.61 Å². The molecule has 0 N–H and O–H groups in total. The molecule has 2 aliphatic rings. The highest BCUT2D eigenvalue weighted by Crippen LogP contribution is 2.47. The average molecular weight is 395 g/mol. The van der Waals surface area contributed by atoms with Crippen molar-refractivity contribution in [2.45, 2.75) is 64.0 Å². The van der Waals surface area contributed by atoms with Crippen LogP contribution in [0, 0.1) is 29.4 Å². The lowest BCUT2D eigenvalue weighted by Crippen LogP contribution is -2.26. The molecule has 0 amide bonds. The molecule has 1 aromatic carbocycles. The Kier molecular flexibility index (Phi) is 7.63. The van der Waals surface area contributed by atoms with Crippen LogP contribution in [0.25, 0.3) is 0 Å². The number of rotatable bonds is 6. The molecule has 1 aliphatic carbocycles. The molecule has 0 bridgehead atoms. The van der Waals surface area contributed by atoms with Gasteiger partial charge in [-0.2, -0.15) is 16.2 Å². The van der Waals surface area contributed by atoms with Gasteiger partial charge >= 0.3 is 0 Å². The van der Waals surface area contributed by atoms with Crippen LogP contribution in [0.4, 0.5) is 8.78 Å². The van der Waals surface area contributed by atoms with Gasteiger partial charge in [0, 0.05) is 10.8 Å². The minimum Gasteiger partial charge on any atom is -0.491 e. The summed E-state index contributed by atoms with van der Waals surface area (Å²) < 4.78 is 33.8. The van der Waals surface area contributed by atoms with Crippen molar-refractivity contribution in [1.82, 2.24) is 0 Å². The third-order valence-corrected chi connectivity index (χ3v) is 7.67. The quantitative estimate of drug-likeness (QED) is 0.467. The summed E-state index contributed by atoms with van der Waals surface area (Å²) in [6, 6.07) is 3.29. The first-order chi connectivity index (χ1) is 13.1. The van der Waals surface area contributed by atoms with Crippen molar-refractivity contribution in [3.05, 3.63) is 41.5 Å². The number of hydrogen-bond donors (Lipinski definition) is 0. The van der Waals surface area contributed by atoms with E-state index < -0.39 is 11.6 Å². The Balaban J connectivity index is 1.54. The first-order valence-electron chi connectivity index (χ1n) is 10.5. The maximum absolute atomic E-state index is 14.5. The van der Waals surface area contributed by atoms with Crippen molar-refractivity contribution in [3.63, 3.8) is 0 Å². The first kappa shape index (κ1) is 20.7. The van der Waals surface area contributed by atoms with E-state index in [1.54, 1.807) is 19.1 Å². The van der Waals surface area contributed by atoms with Crippen molar-refractivity contribution >= 4 is 11.8 Å². The van der Waals surface area contributed by atoms with E-state index in [1.165, 1.54) is 25.7 Å². The highest BCUT2D eigenvalue weighted by Gasteiger charge is 2.32. The molecule has 1 unspecified atom stereocenters. The van der Waals surface area contributed by atoms with E-state index in [2.05, 4.69) is 19.1 Å². The van der Waals surface area contributed by atoms with Crippen LogP contribution < -0.4 is 4.74 Å². The molecular weight excluding hydrogens is 362 g/mol. The van der Waals surface area contributed by atoms with Gasteiger partial charge in [0.15, 0.2) is 11.6 Å². The zero-order valence-corrected chi connectivity index (χ0v) is 17.4. The first-order valence-corrected chi connectivity index (χ1v) is 11.6. The number of halogens is 2. The van der Waals surface area contributed by atoms with Crippen LogP contribution in [0.1, 0.15) is 69.6 Å². The minimum atomic E-state index is -0.837. The van der Waals surface area contributed by atoms with Crippen LogP contribution in [0.5, 0.6) is 5.75 Å². The summed E-state index contributed by atoms with van der Waals surface area (Å²) in [6.45, 7) is 4.30. The number of allylic oxidation sites excluding steroid dienone is 2. The molecule has 150 valence electrons. The lowest BCUT2D eigenvalue weighted by molar-refractivity contribution is 0.223. The molecule has 1 heterocycles. The molecule has 1 aliphatic heterocycles. The van der Waals surface area contributed by atoms with Gasteiger partial charge in [-0.1, -0.05) is 25.1 Å².